The summed E-state index contributed by atoms with van der Waals surface area (Å²) in [5.41, 5.74) is 1.56. The summed E-state index contributed by atoms with van der Waals surface area (Å²) in [6.45, 7) is 1.34. The van der Waals surface area contributed by atoms with E-state index in [9.17, 15) is 15.3 Å². The van der Waals surface area contributed by atoms with Crippen LogP contribution in [-0.4, -0.2) is 51.5 Å². The van der Waals surface area contributed by atoms with Crippen LogP contribution in [0.15, 0.2) is 48.5 Å². The zero-order valence-corrected chi connectivity index (χ0v) is 14.3. The molecule has 0 radical (unpaired) electrons. The minimum Gasteiger partial charge on any atom is -0.462 e. The summed E-state index contributed by atoms with van der Waals surface area (Å²) in [7, 11) is 0. The highest BCUT2D eigenvalue weighted by Gasteiger charge is 2.43. The first kappa shape index (κ1) is 17.2. The van der Waals surface area contributed by atoms with Gasteiger partial charge in [0.2, 0.25) is 6.29 Å². The molecule has 1 aliphatic heterocycles. The molecule has 4 rings (SSSR count). The van der Waals surface area contributed by atoms with E-state index in [-0.39, 0.29) is 0 Å². The monoisotopic (exact) mass is 355 g/mol. The SMILES string of the molecule is CC1[C@H](Oc2cccc3cc4ccccc4nc23)OC(CO)[C@H](O)[C@@H]1O. The summed E-state index contributed by atoms with van der Waals surface area (Å²) in [5, 5.41) is 31.5. The number of pyridine rings is 1. The maximum absolute atomic E-state index is 10.2. The summed E-state index contributed by atoms with van der Waals surface area (Å²) in [6.07, 6.45) is -3.89. The predicted molar refractivity (Wildman–Crippen MR) is 96.8 cm³/mol. The molecule has 2 unspecified atom stereocenters. The quantitative estimate of drug-likeness (QED) is 0.621. The van der Waals surface area contributed by atoms with Crippen LogP contribution in [0, 0.1) is 5.92 Å². The van der Waals surface area contributed by atoms with Crippen LogP contribution in [0.3, 0.4) is 0 Å². The number of aliphatic hydroxyl groups is 3. The van der Waals surface area contributed by atoms with Crippen LogP contribution < -0.4 is 4.74 Å². The maximum atomic E-state index is 10.2. The fourth-order valence-corrected chi connectivity index (χ4v) is 3.35. The second kappa shape index (κ2) is 6.81. The summed E-state index contributed by atoms with van der Waals surface area (Å²) >= 11 is 0. The molecule has 136 valence electrons. The molecule has 5 atom stereocenters. The van der Waals surface area contributed by atoms with E-state index >= 15 is 0 Å². The Kier molecular flexibility index (Phi) is 4.50. The number of benzene rings is 2. The van der Waals surface area contributed by atoms with Gasteiger partial charge in [0.15, 0.2) is 0 Å². The largest absolute Gasteiger partial charge is 0.462 e. The molecule has 0 amide bonds. The summed E-state index contributed by atoms with van der Waals surface area (Å²) in [4.78, 5) is 4.70. The number of ether oxygens (including phenoxy) is 2. The van der Waals surface area contributed by atoms with Gasteiger partial charge >= 0.3 is 0 Å². The minimum absolute atomic E-state index is 0.400. The van der Waals surface area contributed by atoms with Crippen molar-refractivity contribution in [2.24, 2.45) is 5.92 Å². The lowest BCUT2D eigenvalue weighted by Gasteiger charge is -2.40. The lowest BCUT2D eigenvalue weighted by atomic mass is 9.92. The first-order valence-corrected chi connectivity index (χ1v) is 8.66. The van der Waals surface area contributed by atoms with E-state index in [4.69, 9.17) is 14.5 Å². The topological polar surface area (TPSA) is 92.0 Å². The molecular formula is C20H21NO5. The fourth-order valence-electron chi connectivity index (χ4n) is 3.35. The van der Waals surface area contributed by atoms with Crippen molar-refractivity contribution < 1.29 is 24.8 Å². The number of nitrogens with zero attached hydrogens (tertiary/aromatic N) is 1. The van der Waals surface area contributed by atoms with Crippen molar-refractivity contribution in [3.05, 3.63) is 48.5 Å². The highest BCUT2D eigenvalue weighted by molar-refractivity contribution is 5.95. The Balaban J connectivity index is 1.71. The molecule has 0 saturated carbocycles. The highest BCUT2D eigenvalue weighted by Crippen LogP contribution is 2.32. The van der Waals surface area contributed by atoms with Gasteiger partial charge in [-0.3, -0.25) is 0 Å². The Morgan fingerprint density at radius 3 is 2.62 bits per heavy atom. The molecule has 0 aliphatic carbocycles. The Hall–Kier alpha value is -2.25. The second-order valence-electron chi connectivity index (χ2n) is 6.69. The first-order valence-electron chi connectivity index (χ1n) is 8.66. The molecule has 2 heterocycles. The fraction of sp³-hybridized carbons (Fsp3) is 0.350. The van der Waals surface area contributed by atoms with E-state index in [0.717, 1.165) is 16.3 Å². The third-order valence-corrected chi connectivity index (χ3v) is 4.94. The van der Waals surface area contributed by atoms with Crippen molar-refractivity contribution in [2.75, 3.05) is 6.61 Å². The third-order valence-electron chi connectivity index (χ3n) is 4.94. The lowest BCUT2D eigenvalue weighted by molar-refractivity contribution is -0.256. The van der Waals surface area contributed by atoms with E-state index in [1.165, 1.54) is 0 Å². The Labute approximate surface area is 150 Å². The molecular weight excluding hydrogens is 334 g/mol. The Morgan fingerprint density at radius 2 is 1.81 bits per heavy atom. The summed E-state index contributed by atoms with van der Waals surface area (Å²) in [5.74, 6) is 0.0638. The lowest BCUT2D eigenvalue weighted by Crippen LogP contribution is -2.56. The van der Waals surface area contributed by atoms with Crippen molar-refractivity contribution in [1.29, 1.82) is 0 Å². The summed E-state index contributed by atoms with van der Waals surface area (Å²) < 4.78 is 11.7. The van der Waals surface area contributed by atoms with Crippen molar-refractivity contribution in [1.82, 2.24) is 4.98 Å². The number of aliphatic hydroxyl groups excluding tert-OH is 3. The molecule has 1 aliphatic rings. The molecule has 6 nitrogen and oxygen atoms in total. The van der Waals surface area contributed by atoms with Crippen molar-refractivity contribution in [2.45, 2.75) is 31.5 Å². The normalized spacial score (nSPS) is 29.2. The van der Waals surface area contributed by atoms with E-state index in [1.807, 2.05) is 42.5 Å². The number of fused-ring (bicyclic) bond motifs is 2. The van der Waals surface area contributed by atoms with Gasteiger partial charge in [0, 0.05) is 16.7 Å². The summed E-state index contributed by atoms with van der Waals surface area (Å²) in [6, 6.07) is 15.5. The van der Waals surface area contributed by atoms with E-state index < -0.39 is 37.1 Å². The van der Waals surface area contributed by atoms with Crippen LogP contribution in [0.4, 0.5) is 0 Å². The molecule has 0 spiro atoms. The number of hydrogen-bond donors (Lipinski definition) is 3. The minimum atomic E-state index is -1.15. The van der Waals surface area contributed by atoms with E-state index in [2.05, 4.69) is 0 Å². The van der Waals surface area contributed by atoms with Gasteiger partial charge in [-0.1, -0.05) is 37.3 Å². The molecule has 3 N–H and O–H groups in total. The molecule has 1 aromatic heterocycles. The molecule has 3 aromatic rings. The number of aromatic nitrogens is 1. The van der Waals surface area contributed by atoms with Gasteiger partial charge in [-0.05, 0) is 18.2 Å². The van der Waals surface area contributed by atoms with Crippen LogP contribution in [0.5, 0.6) is 5.75 Å². The van der Waals surface area contributed by atoms with Crippen molar-refractivity contribution >= 4 is 21.8 Å². The van der Waals surface area contributed by atoms with Crippen LogP contribution in [0.1, 0.15) is 6.92 Å². The third kappa shape index (κ3) is 2.91. The Morgan fingerprint density at radius 1 is 1.04 bits per heavy atom. The average molecular weight is 355 g/mol. The van der Waals surface area contributed by atoms with E-state index in [1.54, 1.807) is 13.0 Å². The van der Waals surface area contributed by atoms with Crippen LogP contribution in [-0.2, 0) is 4.74 Å². The van der Waals surface area contributed by atoms with Gasteiger partial charge in [0.05, 0.1) is 18.2 Å². The number of hydrogen-bond acceptors (Lipinski definition) is 6. The molecule has 6 heteroatoms. The predicted octanol–water partition coefficient (Wildman–Crippen LogP) is 1.84. The number of rotatable bonds is 3. The van der Waals surface area contributed by atoms with Crippen molar-refractivity contribution in [3.63, 3.8) is 0 Å². The van der Waals surface area contributed by atoms with Gasteiger partial charge in [0.1, 0.15) is 23.5 Å². The first-order chi connectivity index (χ1) is 12.6. The van der Waals surface area contributed by atoms with Gasteiger partial charge in [0.25, 0.3) is 0 Å². The maximum Gasteiger partial charge on any atom is 0.205 e. The smallest absolute Gasteiger partial charge is 0.205 e. The molecule has 2 aromatic carbocycles. The zero-order valence-electron chi connectivity index (χ0n) is 14.3. The second-order valence-corrected chi connectivity index (χ2v) is 6.69. The zero-order chi connectivity index (χ0) is 18.3. The van der Waals surface area contributed by atoms with Gasteiger partial charge in [-0.25, -0.2) is 4.98 Å². The number of para-hydroxylation sites is 2. The van der Waals surface area contributed by atoms with Gasteiger partial charge in [-0.2, -0.15) is 0 Å². The van der Waals surface area contributed by atoms with E-state index in [0.29, 0.717) is 11.3 Å². The molecule has 26 heavy (non-hydrogen) atoms. The molecule has 0 bridgehead atoms. The Bertz CT molecular complexity index is 928. The van der Waals surface area contributed by atoms with Crippen molar-refractivity contribution in [3.8, 4) is 5.75 Å². The average Bonchev–Trinajstić information content (AvgIpc) is 2.67. The van der Waals surface area contributed by atoms with Gasteiger partial charge < -0.3 is 24.8 Å². The van der Waals surface area contributed by atoms with Crippen LogP contribution in [0.2, 0.25) is 0 Å². The van der Waals surface area contributed by atoms with Crippen LogP contribution in [0.25, 0.3) is 21.8 Å². The van der Waals surface area contributed by atoms with Gasteiger partial charge in [-0.15, -0.1) is 0 Å². The molecule has 1 saturated heterocycles. The molecule has 1 fully saturated rings. The standard InChI is InChI=1S/C20H21NO5/c1-11-18(23)19(24)16(10-22)26-20(11)25-15-8-4-6-13-9-12-5-2-3-7-14(12)21-17(13)15/h2-9,11,16,18-20,22-24H,10H2,1H3/t11?,16?,18-,19+,20-/m1/s1. The highest BCUT2D eigenvalue weighted by atomic mass is 16.7. The van der Waals surface area contributed by atoms with Crippen LogP contribution >= 0.6 is 0 Å².